The molecule has 0 aromatic heterocycles. The Bertz CT molecular complexity index is 313. The summed E-state index contributed by atoms with van der Waals surface area (Å²) in [6.45, 7) is 0. The van der Waals surface area contributed by atoms with Crippen molar-refractivity contribution in [1.82, 2.24) is 16.2 Å². The molecule has 2 rings (SSSR count). The lowest BCUT2D eigenvalue weighted by atomic mass is 10.2. The summed E-state index contributed by atoms with van der Waals surface area (Å²) in [5, 5.41) is 3.38. The molecule has 0 aromatic rings. The second-order valence-electron chi connectivity index (χ2n) is 3.03. The van der Waals surface area contributed by atoms with Crippen LogP contribution in [0, 0.1) is 0 Å². The highest BCUT2D eigenvalue weighted by atomic mass is 32.2. The van der Waals surface area contributed by atoms with Crippen LogP contribution in [0.4, 0.5) is 0 Å². The minimum atomic E-state index is -2.88. The first-order valence-corrected chi connectivity index (χ1v) is 5.82. The Morgan fingerprint density at radius 2 is 2.00 bits per heavy atom. The molecular formula is C5H9N3O2S2. The molecule has 0 saturated carbocycles. The van der Waals surface area contributed by atoms with Crippen molar-refractivity contribution < 1.29 is 8.42 Å². The van der Waals surface area contributed by atoms with E-state index in [1.54, 1.807) is 0 Å². The number of nitrogens with one attached hydrogen (secondary N) is 3. The zero-order valence-corrected chi connectivity index (χ0v) is 7.83. The van der Waals surface area contributed by atoms with Gasteiger partial charge in [-0.3, -0.25) is 5.43 Å². The monoisotopic (exact) mass is 207 g/mol. The SMILES string of the molecule is O=S1(=O)C[C@@H]2NNC(=S)N[C@@H]2C1. The maximum atomic E-state index is 11.2. The molecule has 3 N–H and O–H groups in total. The lowest BCUT2D eigenvalue weighted by molar-refractivity contribution is 0.416. The van der Waals surface area contributed by atoms with Gasteiger partial charge in [-0.25, -0.2) is 13.8 Å². The molecule has 0 bridgehead atoms. The van der Waals surface area contributed by atoms with E-state index in [1.807, 2.05) is 0 Å². The van der Waals surface area contributed by atoms with Crippen LogP contribution in [0.2, 0.25) is 0 Å². The van der Waals surface area contributed by atoms with Gasteiger partial charge in [0.05, 0.1) is 23.6 Å². The van der Waals surface area contributed by atoms with Crippen LogP contribution in [0.15, 0.2) is 0 Å². The second kappa shape index (κ2) is 2.54. The first kappa shape index (κ1) is 8.21. The average Bonchev–Trinajstić information content (AvgIpc) is 2.21. The highest BCUT2D eigenvalue weighted by Crippen LogP contribution is 2.13. The maximum Gasteiger partial charge on any atom is 0.181 e. The summed E-state index contributed by atoms with van der Waals surface area (Å²) in [5.41, 5.74) is 5.55. The summed E-state index contributed by atoms with van der Waals surface area (Å²) in [4.78, 5) is 0. The van der Waals surface area contributed by atoms with Crippen LogP contribution in [0.3, 0.4) is 0 Å². The van der Waals surface area contributed by atoms with E-state index in [0.29, 0.717) is 5.11 Å². The highest BCUT2D eigenvalue weighted by Gasteiger charge is 2.40. The Balaban J connectivity index is 2.17. The third kappa shape index (κ3) is 1.39. The van der Waals surface area contributed by atoms with E-state index in [1.165, 1.54) is 0 Å². The standard InChI is InChI=1S/C5H9N3O2S2/c9-12(10)1-3-4(2-12)7-8-5(11)6-3/h3-4,7H,1-2H2,(H2,6,8,11)/t3-,4+/m1/s1. The van der Waals surface area contributed by atoms with Gasteiger partial charge in [-0.05, 0) is 12.2 Å². The summed E-state index contributed by atoms with van der Waals surface area (Å²) < 4.78 is 22.3. The number of rotatable bonds is 0. The lowest BCUT2D eigenvalue weighted by Crippen LogP contribution is -2.63. The van der Waals surface area contributed by atoms with E-state index in [-0.39, 0.29) is 23.6 Å². The molecule has 0 amide bonds. The van der Waals surface area contributed by atoms with E-state index < -0.39 is 9.84 Å². The zero-order valence-electron chi connectivity index (χ0n) is 6.20. The molecule has 0 unspecified atom stereocenters. The molecular weight excluding hydrogens is 198 g/mol. The fraction of sp³-hybridized carbons (Fsp3) is 0.800. The van der Waals surface area contributed by atoms with Gasteiger partial charge in [0.15, 0.2) is 14.9 Å². The summed E-state index contributed by atoms with van der Waals surface area (Å²) in [7, 11) is -2.88. The number of hydrazine groups is 1. The Labute approximate surface area is 75.8 Å². The molecule has 0 aliphatic carbocycles. The molecule has 0 spiro atoms. The Hall–Kier alpha value is -0.400. The number of hydrogen-bond donors (Lipinski definition) is 3. The zero-order chi connectivity index (χ0) is 8.77. The van der Waals surface area contributed by atoms with E-state index in [4.69, 9.17) is 12.2 Å². The van der Waals surface area contributed by atoms with Crippen molar-refractivity contribution in [2.45, 2.75) is 12.1 Å². The van der Waals surface area contributed by atoms with E-state index in [0.717, 1.165) is 0 Å². The topological polar surface area (TPSA) is 70.2 Å². The van der Waals surface area contributed by atoms with Gasteiger partial charge in [-0.2, -0.15) is 0 Å². The minimum Gasteiger partial charge on any atom is -0.356 e. The molecule has 68 valence electrons. The Morgan fingerprint density at radius 1 is 1.33 bits per heavy atom. The first-order chi connectivity index (χ1) is 5.57. The number of sulfone groups is 1. The van der Waals surface area contributed by atoms with E-state index in [9.17, 15) is 8.42 Å². The van der Waals surface area contributed by atoms with Crippen LogP contribution >= 0.6 is 12.2 Å². The first-order valence-electron chi connectivity index (χ1n) is 3.59. The molecule has 2 heterocycles. The third-order valence-electron chi connectivity index (χ3n) is 2.04. The van der Waals surface area contributed by atoms with Gasteiger partial charge in [-0.1, -0.05) is 0 Å². The molecule has 2 aliphatic heterocycles. The number of thiocarbonyl (C=S) groups is 1. The molecule has 7 heteroatoms. The molecule has 12 heavy (non-hydrogen) atoms. The number of hydrogen-bond acceptors (Lipinski definition) is 4. The van der Waals surface area contributed by atoms with Crippen molar-refractivity contribution in [3.8, 4) is 0 Å². The summed E-state index contributed by atoms with van der Waals surface area (Å²) in [6.07, 6.45) is 0. The normalized spacial score (nSPS) is 38.2. The van der Waals surface area contributed by atoms with Gasteiger partial charge in [0.2, 0.25) is 0 Å². The van der Waals surface area contributed by atoms with Crippen molar-refractivity contribution in [2.24, 2.45) is 0 Å². The van der Waals surface area contributed by atoms with Crippen molar-refractivity contribution >= 4 is 27.2 Å². The smallest absolute Gasteiger partial charge is 0.181 e. The van der Waals surface area contributed by atoms with Crippen molar-refractivity contribution in [1.29, 1.82) is 0 Å². The van der Waals surface area contributed by atoms with Crippen LogP contribution in [0.1, 0.15) is 0 Å². The molecule has 2 fully saturated rings. The Morgan fingerprint density at radius 3 is 2.75 bits per heavy atom. The van der Waals surface area contributed by atoms with E-state index >= 15 is 0 Å². The fourth-order valence-electron chi connectivity index (χ4n) is 1.49. The quantitative estimate of drug-likeness (QED) is 0.405. The van der Waals surface area contributed by atoms with E-state index in [2.05, 4.69) is 16.2 Å². The molecule has 2 saturated heterocycles. The molecule has 0 radical (unpaired) electrons. The summed E-state index contributed by atoms with van der Waals surface area (Å²) in [6, 6.07) is -0.120. The largest absolute Gasteiger partial charge is 0.356 e. The molecule has 5 nitrogen and oxygen atoms in total. The summed E-state index contributed by atoms with van der Waals surface area (Å²) in [5.74, 6) is 0.354. The molecule has 0 aromatic carbocycles. The molecule has 2 atom stereocenters. The van der Waals surface area contributed by atoms with Crippen molar-refractivity contribution in [2.75, 3.05) is 11.5 Å². The van der Waals surface area contributed by atoms with Gasteiger partial charge >= 0.3 is 0 Å². The van der Waals surface area contributed by atoms with Crippen LogP contribution in [0.5, 0.6) is 0 Å². The minimum absolute atomic E-state index is 0.0540. The van der Waals surface area contributed by atoms with Crippen molar-refractivity contribution in [3.63, 3.8) is 0 Å². The van der Waals surface area contributed by atoms with Crippen LogP contribution in [0.25, 0.3) is 0 Å². The van der Waals surface area contributed by atoms with Gasteiger partial charge in [0, 0.05) is 0 Å². The molecule has 2 aliphatic rings. The average molecular weight is 207 g/mol. The van der Waals surface area contributed by atoms with Crippen LogP contribution in [-0.4, -0.2) is 37.1 Å². The second-order valence-corrected chi connectivity index (χ2v) is 5.59. The predicted molar refractivity (Wildman–Crippen MR) is 48.2 cm³/mol. The predicted octanol–water partition coefficient (Wildman–Crippen LogP) is -1.87. The third-order valence-corrected chi connectivity index (χ3v) is 3.99. The van der Waals surface area contributed by atoms with Gasteiger partial charge in [0.1, 0.15) is 0 Å². The maximum absolute atomic E-state index is 11.2. The Kier molecular flexibility index (Phi) is 1.74. The van der Waals surface area contributed by atoms with Gasteiger partial charge in [0.25, 0.3) is 0 Å². The van der Waals surface area contributed by atoms with Crippen molar-refractivity contribution in [3.05, 3.63) is 0 Å². The number of fused-ring (bicyclic) bond motifs is 1. The lowest BCUT2D eigenvalue weighted by Gasteiger charge is -2.28. The van der Waals surface area contributed by atoms with Gasteiger partial charge < -0.3 is 5.32 Å². The fourth-order valence-corrected chi connectivity index (χ4v) is 3.57. The van der Waals surface area contributed by atoms with Crippen LogP contribution in [-0.2, 0) is 9.84 Å². The van der Waals surface area contributed by atoms with Crippen LogP contribution < -0.4 is 16.2 Å². The van der Waals surface area contributed by atoms with Gasteiger partial charge in [-0.15, -0.1) is 0 Å². The summed E-state index contributed by atoms with van der Waals surface area (Å²) >= 11 is 4.83. The highest BCUT2D eigenvalue weighted by molar-refractivity contribution is 7.91.